The van der Waals surface area contributed by atoms with E-state index in [4.69, 9.17) is 0 Å². The molecule has 0 bridgehead atoms. The highest BCUT2D eigenvalue weighted by atomic mass is 16.2. The normalized spacial score (nSPS) is 17.7. The van der Waals surface area contributed by atoms with Crippen LogP contribution < -0.4 is 5.32 Å². The van der Waals surface area contributed by atoms with Crippen molar-refractivity contribution < 1.29 is 9.59 Å². The lowest BCUT2D eigenvalue weighted by Crippen LogP contribution is -2.45. The van der Waals surface area contributed by atoms with E-state index < -0.39 is 5.41 Å². The van der Waals surface area contributed by atoms with Crippen LogP contribution in [0, 0.1) is 12.3 Å². The van der Waals surface area contributed by atoms with Gasteiger partial charge in [-0.05, 0) is 42.9 Å². The van der Waals surface area contributed by atoms with Crippen LogP contribution in [0.4, 0.5) is 0 Å². The summed E-state index contributed by atoms with van der Waals surface area (Å²) in [7, 11) is 0. The fraction of sp³-hybridized carbons (Fsp3) is 0.333. The van der Waals surface area contributed by atoms with Crippen LogP contribution in [-0.4, -0.2) is 46.3 Å². The molecule has 1 aliphatic heterocycles. The summed E-state index contributed by atoms with van der Waals surface area (Å²) in [5, 5.41) is 3.10. The minimum Gasteiger partial charge on any atom is -0.356 e. The van der Waals surface area contributed by atoms with E-state index in [-0.39, 0.29) is 11.8 Å². The summed E-state index contributed by atoms with van der Waals surface area (Å²) in [4.78, 5) is 36.4. The molecular formula is C27H30N4O2. The highest BCUT2D eigenvalue weighted by Crippen LogP contribution is 2.38. The second-order valence-electron chi connectivity index (χ2n) is 8.81. The van der Waals surface area contributed by atoms with Gasteiger partial charge in [-0.25, -0.2) is 4.98 Å². The summed E-state index contributed by atoms with van der Waals surface area (Å²) in [6, 6.07) is 16.7. The molecule has 4 rings (SSSR count). The van der Waals surface area contributed by atoms with E-state index in [2.05, 4.69) is 58.6 Å². The first-order valence-electron chi connectivity index (χ1n) is 11.5. The predicted molar refractivity (Wildman–Crippen MR) is 129 cm³/mol. The van der Waals surface area contributed by atoms with E-state index >= 15 is 0 Å². The first-order chi connectivity index (χ1) is 16.0. The number of likely N-dealkylation sites (tertiary alicyclic amines) is 1. The Hall–Kier alpha value is -3.54. The lowest BCUT2D eigenvalue weighted by Gasteiger charge is -2.29. The van der Waals surface area contributed by atoms with Crippen LogP contribution in [-0.2, 0) is 11.2 Å². The van der Waals surface area contributed by atoms with Crippen molar-refractivity contribution in [1.29, 1.82) is 0 Å². The van der Waals surface area contributed by atoms with Crippen LogP contribution in [0.15, 0.2) is 67.1 Å². The maximum atomic E-state index is 13.5. The van der Waals surface area contributed by atoms with Gasteiger partial charge in [0.1, 0.15) is 5.69 Å². The molecule has 1 fully saturated rings. The van der Waals surface area contributed by atoms with Crippen LogP contribution in [0.2, 0.25) is 0 Å². The van der Waals surface area contributed by atoms with E-state index in [1.54, 1.807) is 11.1 Å². The van der Waals surface area contributed by atoms with Gasteiger partial charge in [-0.15, -0.1) is 0 Å². The Morgan fingerprint density at radius 2 is 1.97 bits per heavy atom. The van der Waals surface area contributed by atoms with Crippen molar-refractivity contribution in [3.63, 3.8) is 0 Å². The van der Waals surface area contributed by atoms with E-state index in [1.165, 1.54) is 18.0 Å². The Labute approximate surface area is 195 Å². The van der Waals surface area contributed by atoms with Gasteiger partial charge in [0, 0.05) is 32.0 Å². The molecule has 1 saturated heterocycles. The summed E-state index contributed by atoms with van der Waals surface area (Å²) < 4.78 is 0. The highest BCUT2D eigenvalue weighted by Gasteiger charge is 2.46. The molecule has 0 unspecified atom stereocenters. The minimum absolute atomic E-state index is 0.0119. The molecule has 6 nitrogen and oxygen atoms in total. The average Bonchev–Trinajstić information content (AvgIpc) is 3.28. The molecule has 2 amide bonds. The van der Waals surface area contributed by atoms with Gasteiger partial charge >= 0.3 is 0 Å². The quantitative estimate of drug-likeness (QED) is 0.599. The van der Waals surface area contributed by atoms with E-state index in [0.29, 0.717) is 38.2 Å². The number of benzene rings is 2. The maximum Gasteiger partial charge on any atom is 0.274 e. The van der Waals surface area contributed by atoms with Gasteiger partial charge in [0.05, 0.1) is 11.6 Å². The molecule has 0 saturated carbocycles. The summed E-state index contributed by atoms with van der Waals surface area (Å²) in [5.41, 5.74) is 4.19. The predicted octanol–water partition coefficient (Wildman–Crippen LogP) is 4.05. The van der Waals surface area contributed by atoms with E-state index in [0.717, 1.165) is 23.1 Å². The van der Waals surface area contributed by atoms with Gasteiger partial charge in [-0.1, -0.05) is 61.0 Å². The molecule has 2 heterocycles. The van der Waals surface area contributed by atoms with Crippen LogP contribution in [0.1, 0.15) is 41.4 Å². The molecule has 0 radical (unpaired) electrons. The molecule has 1 atom stereocenters. The summed E-state index contributed by atoms with van der Waals surface area (Å²) in [6.45, 7) is 5.62. The number of rotatable bonds is 7. The summed E-state index contributed by atoms with van der Waals surface area (Å²) >= 11 is 0. The zero-order valence-corrected chi connectivity index (χ0v) is 19.3. The van der Waals surface area contributed by atoms with Gasteiger partial charge in [0.15, 0.2) is 0 Å². The van der Waals surface area contributed by atoms with Gasteiger partial charge in [0.2, 0.25) is 5.91 Å². The topological polar surface area (TPSA) is 75.2 Å². The third kappa shape index (κ3) is 4.95. The SMILES string of the molecule is CCCNC(=O)[C@@]1(Cc2ccccc2-c2cccc(C)c2)CCN(C(=O)c2cnccn2)C1. The number of hydrogen-bond donors (Lipinski definition) is 1. The first kappa shape index (κ1) is 22.6. The molecule has 2 aromatic carbocycles. The van der Waals surface area contributed by atoms with Crippen molar-refractivity contribution in [2.24, 2.45) is 5.41 Å². The summed E-state index contributed by atoms with van der Waals surface area (Å²) in [5.74, 6) is -0.168. The van der Waals surface area contributed by atoms with Crippen molar-refractivity contribution in [2.75, 3.05) is 19.6 Å². The average molecular weight is 443 g/mol. The van der Waals surface area contributed by atoms with Crippen LogP contribution in [0.3, 0.4) is 0 Å². The van der Waals surface area contributed by atoms with Gasteiger partial charge in [0.25, 0.3) is 5.91 Å². The molecule has 1 N–H and O–H groups in total. The number of hydrogen-bond acceptors (Lipinski definition) is 4. The van der Waals surface area contributed by atoms with Crippen molar-refractivity contribution >= 4 is 11.8 Å². The lowest BCUT2D eigenvalue weighted by atomic mass is 9.78. The molecule has 0 spiro atoms. The first-order valence-corrected chi connectivity index (χ1v) is 11.5. The smallest absolute Gasteiger partial charge is 0.274 e. The number of amides is 2. The largest absolute Gasteiger partial charge is 0.356 e. The molecule has 1 aromatic heterocycles. The van der Waals surface area contributed by atoms with Gasteiger partial charge in [-0.3, -0.25) is 14.6 Å². The number of carbonyl (C=O) groups excluding carboxylic acids is 2. The molecular weight excluding hydrogens is 412 g/mol. The zero-order chi connectivity index (χ0) is 23.3. The molecule has 0 aliphatic carbocycles. The van der Waals surface area contributed by atoms with Crippen LogP contribution >= 0.6 is 0 Å². The Morgan fingerprint density at radius 1 is 1.12 bits per heavy atom. The molecule has 1 aliphatic rings. The van der Waals surface area contributed by atoms with Crippen molar-refractivity contribution in [1.82, 2.24) is 20.2 Å². The molecule has 3 aromatic rings. The number of aryl methyl sites for hydroxylation is 1. The van der Waals surface area contributed by atoms with Crippen LogP contribution in [0.25, 0.3) is 11.1 Å². The fourth-order valence-electron chi connectivity index (χ4n) is 4.59. The Kier molecular flexibility index (Phi) is 6.82. The summed E-state index contributed by atoms with van der Waals surface area (Å²) in [6.07, 6.45) is 6.58. The monoisotopic (exact) mass is 442 g/mol. The standard InChI is InChI=1S/C27H30N4O2/c1-3-12-30-26(33)27(11-15-31(19-27)25(32)24-18-28-13-14-29-24)17-22-8-4-5-10-23(22)21-9-6-7-20(2)16-21/h4-10,13-14,16,18H,3,11-12,15,17,19H2,1-2H3,(H,30,33)/t27-/m1/s1. The van der Waals surface area contributed by atoms with Crippen LogP contribution in [0.5, 0.6) is 0 Å². The Morgan fingerprint density at radius 3 is 2.73 bits per heavy atom. The minimum atomic E-state index is -0.688. The Balaban J connectivity index is 1.66. The third-order valence-electron chi connectivity index (χ3n) is 6.32. The second kappa shape index (κ2) is 9.94. The van der Waals surface area contributed by atoms with Gasteiger partial charge in [-0.2, -0.15) is 0 Å². The maximum absolute atomic E-state index is 13.5. The number of nitrogens with one attached hydrogen (secondary N) is 1. The van der Waals surface area contributed by atoms with Crippen molar-refractivity contribution in [3.8, 4) is 11.1 Å². The van der Waals surface area contributed by atoms with Crippen molar-refractivity contribution in [2.45, 2.75) is 33.1 Å². The number of aromatic nitrogens is 2. The van der Waals surface area contributed by atoms with Crippen molar-refractivity contribution in [3.05, 3.63) is 83.9 Å². The highest BCUT2D eigenvalue weighted by molar-refractivity contribution is 5.93. The Bertz CT molecular complexity index is 1130. The lowest BCUT2D eigenvalue weighted by molar-refractivity contribution is -0.130. The van der Waals surface area contributed by atoms with Gasteiger partial charge < -0.3 is 10.2 Å². The third-order valence-corrected chi connectivity index (χ3v) is 6.32. The fourth-order valence-corrected chi connectivity index (χ4v) is 4.59. The van der Waals surface area contributed by atoms with E-state index in [9.17, 15) is 9.59 Å². The molecule has 170 valence electrons. The molecule has 33 heavy (non-hydrogen) atoms. The zero-order valence-electron chi connectivity index (χ0n) is 19.3. The molecule has 6 heteroatoms. The number of carbonyl (C=O) groups is 2. The number of nitrogens with zero attached hydrogens (tertiary/aromatic N) is 3. The van der Waals surface area contributed by atoms with E-state index in [1.807, 2.05) is 19.1 Å². The second-order valence-corrected chi connectivity index (χ2v) is 8.81.